The number of fused-ring (bicyclic) bond motifs is 1. The van der Waals surface area contributed by atoms with Crippen LogP contribution in [-0.2, 0) is 32.3 Å². The molecule has 3 heterocycles. The van der Waals surface area contributed by atoms with Crippen molar-refractivity contribution >= 4 is 40.6 Å². The quantitative estimate of drug-likeness (QED) is 0.0619. The second kappa shape index (κ2) is 22.7. The average molecular weight is 882 g/mol. The lowest BCUT2D eigenvalue weighted by molar-refractivity contribution is -0.193. The van der Waals surface area contributed by atoms with Gasteiger partial charge in [0.25, 0.3) is 5.91 Å². The summed E-state index contributed by atoms with van der Waals surface area (Å²) in [5, 5.41) is 34.7. The van der Waals surface area contributed by atoms with Gasteiger partial charge in [0.2, 0.25) is 5.91 Å². The molecular weight excluding hydrogens is 845 g/mol. The molecule has 1 fully saturated rings. The monoisotopic (exact) mass is 881 g/mol. The number of nitrogens with zero attached hydrogens (tertiary/aromatic N) is 3. The van der Waals surface area contributed by atoms with Crippen LogP contribution in [0, 0.1) is 12.8 Å². The maximum atomic E-state index is 13.3. The predicted octanol–water partition coefficient (Wildman–Crippen LogP) is 6.28. The van der Waals surface area contributed by atoms with Gasteiger partial charge < -0.3 is 25.4 Å². The zero-order chi connectivity index (χ0) is 46.1. The molecule has 1 saturated heterocycles. The van der Waals surface area contributed by atoms with Gasteiger partial charge in [-0.25, -0.2) is 19.9 Å². The fourth-order valence-corrected chi connectivity index (χ4v) is 5.36. The van der Waals surface area contributed by atoms with Gasteiger partial charge in [-0.15, -0.1) is 0 Å². The molecule has 0 bridgehead atoms. The molecule has 61 heavy (non-hydrogen) atoms. The van der Waals surface area contributed by atoms with E-state index in [1.165, 1.54) is 0 Å². The summed E-state index contributed by atoms with van der Waals surface area (Å²) >= 11 is 0. The zero-order valence-electron chi connectivity index (χ0n) is 31.4. The molecule has 0 saturated carbocycles. The number of amides is 2. The van der Waals surface area contributed by atoms with E-state index in [0.717, 1.165) is 47.1 Å². The van der Waals surface area contributed by atoms with Crippen molar-refractivity contribution in [3.63, 3.8) is 0 Å². The van der Waals surface area contributed by atoms with Crippen molar-refractivity contribution in [1.82, 2.24) is 25.7 Å². The number of likely N-dealkylation sites (tertiary alicyclic amines) is 1. The van der Waals surface area contributed by atoms with Gasteiger partial charge in [0, 0.05) is 60.0 Å². The summed E-state index contributed by atoms with van der Waals surface area (Å²) in [6.07, 6.45) is -10.3. The van der Waals surface area contributed by atoms with Crippen molar-refractivity contribution in [3.8, 4) is 5.75 Å². The number of halogens is 9. The van der Waals surface area contributed by atoms with Crippen LogP contribution in [0.15, 0.2) is 79.1 Å². The number of hydrogen-bond donors (Lipinski definition) is 6. The van der Waals surface area contributed by atoms with Crippen molar-refractivity contribution < 1.29 is 88.8 Å². The number of aromatic nitrogens is 2. The van der Waals surface area contributed by atoms with Gasteiger partial charge in [0.15, 0.2) is 0 Å². The van der Waals surface area contributed by atoms with Crippen LogP contribution in [0.1, 0.15) is 46.4 Å². The molecule has 2 aromatic heterocycles. The number of para-hydroxylation sites is 1. The minimum atomic E-state index is -5.08. The average Bonchev–Trinajstić information content (AvgIpc) is 3.18. The van der Waals surface area contributed by atoms with E-state index in [1.807, 2.05) is 49.4 Å². The number of aliphatic carboxylic acids is 3. The molecule has 1 unspecified atom stereocenters. The van der Waals surface area contributed by atoms with Crippen LogP contribution in [0.3, 0.4) is 0 Å². The van der Waals surface area contributed by atoms with Gasteiger partial charge in [-0.1, -0.05) is 24.3 Å². The first-order valence-electron chi connectivity index (χ1n) is 17.2. The van der Waals surface area contributed by atoms with Gasteiger partial charge in [-0.05, 0) is 67.8 Å². The molecule has 0 spiro atoms. The summed E-state index contributed by atoms with van der Waals surface area (Å²) in [7, 11) is 0. The summed E-state index contributed by atoms with van der Waals surface area (Å²) in [5.41, 5.74) is 6.16. The second-order valence-corrected chi connectivity index (χ2v) is 12.6. The topological polar surface area (TPSA) is 229 Å². The first-order valence-corrected chi connectivity index (χ1v) is 17.2. The molecule has 0 aliphatic carbocycles. The Kier molecular flexibility index (Phi) is 18.8. The Morgan fingerprint density at radius 1 is 0.820 bits per heavy atom. The number of carbonyl (C=O) groups is 5. The number of benzene rings is 2. The Morgan fingerprint density at radius 3 is 1.89 bits per heavy atom. The number of hydroxylamine groups is 1. The van der Waals surface area contributed by atoms with E-state index in [0.29, 0.717) is 24.5 Å². The molecule has 0 radical (unpaired) electrons. The number of nitrogens with one attached hydrogen (secondary N) is 2. The molecule has 1 aliphatic rings. The van der Waals surface area contributed by atoms with Crippen LogP contribution < -0.4 is 15.5 Å². The number of aryl methyl sites for hydroxylation is 1. The number of rotatable bonds is 9. The highest BCUT2D eigenvalue weighted by molar-refractivity contribution is 5.94. The summed E-state index contributed by atoms with van der Waals surface area (Å²) in [5.74, 6) is -8.47. The SMILES string of the molecule is Cc1cc(COc2ccc(C(=O)NC3[C@H](CC(=O)NO)CCCN3Cc3cccnc3)cc2)c2ccccc2n1.O=C(O)C(F)(F)F.O=C(O)C(F)(F)F.O=C(O)C(F)(F)F. The van der Waals surface area contributed by atoms with Crippen molar-refractivity contribution in [3.05, 3.63) is 102 Å². The maximum Gasteiger partial charge on any atom is 0.490 e. The van der Waals surface area contributed by atoms with Crippen LogP contribution in [0.5, 0.6) is 5.75 Å². The second-order valence-electron chi connectivity index (χ2n) is 12.6. The van der Waals surface area contributed by atoms with Crippen LogP contribution in [-0.4, -0.2) is 96.4 Å². The molecule has 4 aromatic rings. The highest BCUT2D eigenvalue weighted by Crippen LogP contribution is 2.28. The van der Waals surface area contributed by atoms with Gasteiger partial charge in [-0.3, -0.25) is 29.7 Å². The molecule has 2 aromatic carbocycles. The molecule has 332 valence electrons. The number of pyridine rings is 2. The Labute approximate surface area is 338 Å². The highest BCUT2D eigenvalue weighted by Gasteiger charge is 2.39. The fourth-order valence-electron chi connectivity index (χ4n) is 5.36. The number of ether oxygens (including phenoxy) is 1. The number of carboxylic acids is 3. The molecule has 5 rings (SSSR count). The van der Waals surface area contributed by atoms with Gasteiger partial charge in [-0.2, -0.15) is 39.5 Å². The van der Waals surface area contributed by atoms with E-state index in [4.69, 9.17) is 39.6 Å². The van der Waals surface area contributed by atoms with E-state index in [2.05, 4.69) is 20.2 Å². The Bertz CT molecular complexity index is 2030. The third-order valence-electron chi connectivity index (χ3n) is 7.99. The van der Waals surface area contributed by atoms with E-state index in [1.54, 1.807) is 42.1 Å². The van der Waals surface area contributed by atoms with Crippen LogP contribution in [0.2, 0.25) is 0 Å². The molecule has 6 N–H and O–H groups in total. The number of carbonyl (C=O) groups excluding carboxylic acids is 2. The minimum absolute atomic E-state index is 0.112. The summed E-state index contributed by atoms with van der Waals surface area (Å²) in [6.45, 7) is 3.71. The smallest absolute Gasteiger partial charge is 0.489 e. The molecular formula is C37H36F9N5O10. The normalized spacial score (nSPS) is 15.3. The Morgan fingerprint density at radius 2 is 1.38 bits per heavy atom. The molecule has 1 aliphatic heterocycles. The number of piperidine rings is 1. The van der Waals surface area contributed by atoms with Gasteiger partial charge in [0.05, 0.1) is 11.7 Å². The van der Waals surface area contributed by atoms with Crippen LogP contribution in [0.25, 0.3) is 10.9 Å². The first-order chi connectivity index (χ1) is 28.3. The number of alkyl halides is 9. The number of carboxylic acid groups (broad SMARTS) is 3. The van der Waals surface area contributed by atoms with Crippen molar-refractivity contribution in [2.45, 2.75) is 64.0 Å². The number of hydrogen-bond acceptors (Lipinski definition) is 10. The van der Waals surface area contributed by atoms with Crippen LogP contribution in [0.4, 0.5) is 39.5 Å². The predicted molar refractivity (Wildman–Crippen MR) is 191 cm³/mol. The highest BCUT2D eigenvalue weighted by atomic mass is 19.4. The minimum Gasteiger partial charge on any atom is -0.489 e. The maximum absolute atomic E-state index is 13.3. The molecule has 15 nitrogen and oxygen atoms in total. The van der Waals surface area contributed by atoms with Gasteiger partial charge >= 0.3 is 36.4 Å². The third kappa shape index (κ3) is 17.7. The lowest BCUT2D eigenvalue weighted by Gasteiger charge is -2.41. The lowest BCUT2D eigenvalue weighted by atomic mass is 9.90. The Hall–Kier alpha value is -6.56. The summed E-state index contributed by atoms with van der Waals surface area (Å²) in [4.78, 5) is 63.0. The summed E-state index contributed by atoms with van der Waals surface area (Å²) < 4.78 is 101. The Balaban J connectivity index is 0.000000502. The summed E-state index contributed by atoms with van der Waals surface area (Å²) in [6, 6.07) is 20.9. The van der Waals surface area contributed by atoms with Gasteiger partial charge in [0.1, 0.15) is 12.4 Å². The van der Waals surface area contributed by atoms with E-state index >= 15 is 0 Å². The van der Waals surface area contributed by atoms with E-state index in [9.17, 15) is 49.1 Å². The zero-order valence-corrected chi connectivity index (χ0v) is 31.4. The lowest BCUT2D eigenvalue weighted by Crippen LogP contribution is -2.55. The van der Waals surface area contributed by atoms with Crippen LogP contribution >= 0.6 is 0 Å². The third-order valence-corrected chi connectivity index (χ3v) is 7.99. The first kappa shape index (κ1) is 50.6. The molecule has 24 heteroatoms. The fraction of sp³-hybridized carbons (Fsp3) is 0.324. The molecule has 2 amide bonds. The molecule has 2 atom stereocenters. The van der Waals surface area contributed by atoms with Crippen molar-refractivity contribution in [2.24, 2.45) is 5.92 Å². The largest absolute Gasteiger partial charge is 0.490 e. The standard InChI is InChI=1S/C31H33N5O4.3C2HF3O2/c1-21-16-25(27-8-2-3-9-28(27)33-21)20-40-26-12-10-23(11-13-26)31(38)34-30-24(17-29(37)35-39)7-5-15-36(30)19-22-6-4-14-32-18-22;3*3-2(4,5)1(6)7/h2-4,6,8-14,16,18,24,30,39H,5,7,15,17,19-20H2,1H3,(H,34,38)(H,35,37);3*(H,6,7)/t24-,30?;;;/m0.../s1. The van der Waals surface area contributed by atoms with E-state index < -0.39 is 42.3 Å². The van der Waals surface area contributed by atoms with Crippen molar-refractivity contribution in [2.75, 3.05) is 6.54 Å². The van der Waals surface area contributed by atoms with E-state index in [-0.39, 0.29) is 24.4 Å². The van der Waals surface area contributed by atoms with Crippen molar-refractivity contribution in [1.29, 1.82) is 0 Å².